The molecule has 1 fully saturated rings. The van der Waals surface area contributed by atoms with Crippen molar-refractivity contribution in [1.82, 2.24) is 4.57 Å². The zero-order valence-corrected chi connectivity index (χ0v) is 13.6. The molecule has 1 aromatic heterocycles. The third kappa shape index (κ3) is 3.54. The van der Waals surface area contributed by atoms with E-state index in [1.165, 1.54) is 12.1 Å². The van der Waals surface area contributed by atoms with Crippen molar-refractivity contribution in [1.29, 1.82) is 0 Å². The third-order valence-electron chi connectivity index (χ3n) is 4.21. The van der Waals surface area contributed by atoms with Gasteiger partial charge >= 0.3 is 6.18 Å². The Morgan fingerprint density at radius 1 is 1.08 bits per heavy atom. The first-order chi connectivity index (χ1) is 12.3. The number of rotatable bonds is 4. The average Bonchev–Trinajstić information content (AvgIpc) is 3.02. The van der Waals surface area contributed by atoms with E-state index in [1.807, 2.05) is 0 Å². The number of halogens is 3. The van der Waals surface area contributed by atoms with E-state index >= 15 is 0 Å². The van der Waals surface area contributed by atoms with Crippen LogP contribution in [0.25, 0.3) is 0 Å². The van der Waals surface area contributed by atoms with Crippen molar-refractivity contribution in [3.63, 3.8) is 0 Å². The molecular weight excluding hydrogens is 349 g/mol. The second kappa shape index (κ2) is 6.78. The van der Waals surface area contributed by atoms with Gasteiger partial charge in [-0.05, 0) is 42.8 Å². The van der Waals surface area contributed by atoms with Gasteiger partial charge in [0.25, 0.3) is 5.56 Å². The van der Waals surface area contributed by atoms with E-state index in [0.717, 1.165) is 23.3 Å². The average molecular weight is 364 g/mol. The SMILES string of the molecule is O=C(Cn1cccc(C(F)(F)F)c1=O)c1ccc(N2CCCC2=O)cc1. The number of carbonyl (C=O) groups is 2. The van der Waals surface area contributed by atoms with Crippen molar-refractivity contribution in [3.05, 3.63) is 64.1 Å². The number of pyridine rings is 1. The highest BCUT2D eigenvalue weighted by atomic mass is 19.4. The second-order valence-corrected chi connectivity index (χ2v) is 5.97. The van der Waals surface area contributed by atoms with E-state index in [1.54, 1.807) is 17.0 Å². The number of hydrogen-bond donors (Lipinski definition) is 0. The predicted molar refractivity (Wildman–Crippen MR) is 88.1 cm³/mol. The normalized spacial score (nSPS) is 14.7. The fourth-order valence-electron chi connectivity index (χ4n) is 2.87. The van der Waals surface area contributed by atoms with Gasteiger partial charge in [0.15, 0.2) is 5.78 Å². The van der Waals surface area contributed by atoms with Gasteiger partial charge in [-0.25, -0.2) is 0 Å². The molecule has 0 bridgehead atoms. The van der Waals surface area contributed by atoms with Crippen LogP contribution in [-0.2, 0) is 17.5 Å². The first-order valence-corrected chi connectivity index (χ1v) is 7.97. The number of ketones is 1. The van der Waals surface area contributed by atoms with Gasteiger partial charge in [0.2, 0.25) is 5.91 Å². The van der Waals surface area contributed by atoms with E-state index in [4.69, 9.17) is 0 Å². The zero-order valence-electron chi connectivity index (χ0n) is 13.6. The van der Waals surface area contributed by atoms with Crippen LogP contribution < -0.4 is 10.5 Å². The summed E-state index contributed by atoms with van der Waals surface area (Å²) in [6.07, 6.45) is -2.36. The van der Waals surface area contributed by atoms with Gasteiger partial charge in [0, 0.05) is 30.4 Å². The van der Waals surface area contributed by atoms with Crippen molar-refractivity contribution in [2.24, 2.45) is 0 Å². The highest BCUT2D eigenvalue weighted by molar-refractivity contribution is 5.98. The Balaban J connectivity index is 1.79. The number of carbonyl (C=O) groups excluding carboxylic acids is 2. The van der Waals surface area contributed by atoms with Crippen LogP contribution in [0.3, 0.4) is 0 Å². The molecule has 0 atom stereocenters. The van der Waals surface area contributed by atoms with Crippen LogP contribution in [-0.4, -0.2) is 22.8 Å². The van der Waals surface area contributed by atoms with Crippen molar-refractivity contribution < 1.29 is 22.8 Å². The zero-order chi connectivity index (χ0) is 18.9. The molecule has 26 heavy (non-hydrogen) atoms. The van der Waals surface area contributed by atoms with Crippen LogP contribution in [0.1, 0.15) is 28.8 Å². The fourth-order valence-corrected chi connectivity index (χ4v) is 2.87. The molecule has 0 radical (unpaired) electrons. The van der Waals surface area contributed by atoms with Crippen LogP contribution in [0, 0.1) is 0 Å². The monoisotopic (exact) mass is 364 g/mol. The Labute approximate surface area is 146 Å². The van der Waals surface area contributed by atoms with E-state index in [-0.39, 0.29) is 11.5 Å². The van der Waals surface area contributed by atoms with Crippen LogP contribution >= 0.6 is 0 Å². The number of Topliss-reactive ketones (excluding diaryl/α,β-unsaturated/α-hetero) is 1. The second-order valence-electron chi connectivity index (χ2n) is 5.97. The summed E-state index contributed by atoms with van der Waals surface area (Å²) in [4.78, 5) is 37.5. The molecule has 1 amide bonds. The van der Waals surface area contributed by atoms with Crippen molar-refractivity contribution >= 4 is 17.4 Å². The number of benzene rings is 1. The smallest absolute Gasteiger partial charge is 0.312 e. The molecule has 0 saturated carbocycles. The molecule has 0 spiro atoms. The Hall–Kier alpha value is -2.90. The third-order valence-corrected chi connectivity index (χ3v) is 4.21. The summed E-state index contributed by atoms with van der Waals surface area (Å²) >= 11 is 0. The van der Waals surface area contributed by atoms with Gasteiger partial charge in [0.05, 0.1) is 6.54 Å². The van der Waals surface area contributed by atoms with Gasteiger partial charge in [-0.2, -0.15) is 13.2 Å². The Morgan fingerprint density at radius 3 is 2.35 bits per heavy atom. The lowest BCUT2D eigenvalue weighted by Crippen LogP contribution is -2.30. The lowest BCUT2D eigenvalue weighted by Gasteiger charge is -2.16. The Kier molecular flexibility index (Phi) is 4.67. The summed E-state index contributed by atoms with van der Waals surface area (Å²) in [6.45, 7) is 0.122. The minimum atomic E-state index is -4.77. The molecule has 3 rings (SSSR count). The number of aromatic nitrogens is 1. The summed E-state index contributed by atoms with van der Waals surface area (Å²) in [5.41, 5.74) is -1.65. The van der Waals surface area contributed by atoms with E-state index in [0.29, 0.717) is 24.7 Å². The topological polar surface area (TPSA) is 59.4 Å². The molecule has 2 aromatic rings. The number of amides is 1. The van der Waals surface area contributed by atoms with Gasteiger partial charge in [-0.3, -0.25) is 14.4 Å². The molecule has 136 valence electrons. The lowest BCUT2D eigenvalue weighted by atomic mass is 10.1. The van der Waals surface area contributed by atoms with Crippen LogP contribution in [0.5, 0.6) is 0 Å². The number of hydrogen-bond acceptors (Lipinski definition) is 3. The predicted octanol–water partition coefficient (Wildman–Crippen LogP) is 2.88. The van der Waals surface area contributed by atoms with E-state index in [2.05, 4.69) is 0 Å². The highest BCUT2D eigenvalue weighted by Gasteiger charge is 2.34. The minimum absolute atomic E-state index is 0.0135. The maximum absolute atomic E-state index is 12.8. The standard InChI is InChI=1S/C18H15F3N2O3/c19-18(20,21)14-3-1-9-22(17(14)26)11-15(24)12-5-7-13(8-6-12)23-10-2-4-16(23)25/h1,3,5-9H,2,4,10-11H2. The Bertz CT molecular complexity index is 901. The van der Waals surface area contributed by atoms with Crippen molar-refractivity contribution in [2.45, 2.75) is 25.6 Å². The molecule has 1 saturated heterocycles. The molecule has 1 aliphatic rings. The molecule has 1 aromatic carbocycles. The summed E-state index contributed by atoms with van der Waals surface area (Å²) in [7, 11) is 0. The quantitative estimate of drug-likeness (QED) is 0.784. The molecule has 0 N–H and O–H groups in total. The first-order valence-electron chi connectivity index (χ1n) is 7.97. The summed E-state index contributed by atoms with van der Waals surface area (Å²) in [5, 5.41) is 0. The summed E-state index contributed by atoms with van der Waals surface area (Å²) in [5.74, 6) is -0.481. The maximum atomic E-state index is 12.8. The number of alkyl halides is 3. The molecule has 5 nitrogen and oxygen atoms in total. The molecule has 1 aliphatic heterocycles. The highest BCUT2D eigenvalue weighted by Crippen LogP contribution is 2.26. The van der Waals surface area contributed by atoms with E-state index in [9.17, 15) is 27.6 Å². The lowest BCUT2D eigenvalue weighted by molar-refractivity contribution is -0.139. The largest absolute Gasteiger partial charge is 0.421 e. The summed E-state index contributed by atoms with van der Waals surface area (Å²) in [6, 6.07) is 8.01. The van der Waals surface area contributed by atoms with Gasteiger partial charge in [0.1, 0.15) is 5.56 Å². The van der Waals surface area contributed by atoms with Crippen LogP contribution in [0.15, 0.2) is 47.4 Å². The van der Waals surface area contributed by atoms with Gasteiger partial charge in [-0.15, -0.1) is 0 Å². The summed E-state index contributed by atoms with van der Waals surface area (Å²) < 4.78 is 39.1. The molecule has 8 heteroatoms. The number of anilines is 1. The number of nitrogens with zero attached hydrogens (tertiary/aromatic N) is 2. The molecule has 0 unspecified atom stereocenters. The van der Waals surface area contributed by atoms with Gasteiger partial charge < -0.3 is 9.47 Å². The maximum Gasteiger partial charge on any atom is 0.421 e. The van der Waals surface area contributed by atoms with E-state index < -0.39 is 29.6 Å². The van der Waals surface area contributed by atoms with Gasteiger partial charge in [-0.1, -0.05) is 0 Å². The van der Waals surface area contributed by atoms with Crippen LogP contribution in [0.2, 0.25) is 0 Å². The Morgan fingerprint density at radius 2 is 1.77 bits per heavy atom. The minimum Gasteiger partial charge on any atom is -0.312 e. The first kappa shape index (κ1) is 17.9. The van der Waals surface area contributed by atoms with Crippen molar-refractivity contribution in [3.8, 4) is 0 Å². The molecule has 2 heterocycles. The van der Waals surface area contributed by atoms with Crippen molar-refractivity contribution in [2.75, 3.05) is 11.4 Å². The molecular formula is C18H15F3N2O3. The molecule has 0 aliphatic carbocycles. The fraction of sp³-hybridized carbons (Fsp3) is 0.278. The van der Waals surface area contributed by atoms with Crippen LogP contribution in [0.4, 0.5) is 18.9 Å².